The summed E-state index contributed by atoms with van der Waals surface area (Å²) in [7, 11) is 0. The van der Waals surface area contributed by atoms with E-state index in [0.29, 0.717) is 0 Å². The molecule has 0 spiro atoms. The molecule has 0 bridgehead atoms. The minimum Gasteiger partial charge on any atom is -0.316 e. The van der Waals surface area contributed by atoms with Crippen molar-refractivity contribution >= 4 is 0 Å². The van der Waals surface area contributed by atoms with Crippen LogP contribution in [0.5, 0.6) is 0 Å². The van der Waals surface area contributed by atoms with Gasteiger partial charge < -0.3 is 10.2 Å². The summed E-state index contributed by atoms with van der Waals surface area (Å²) in [5.41, 5.74) is 0. The third-order valence-corrected chi connectivity index (χ3v) is 4.04. The van der Waals surface area contributed by atoms with Crippen molar-refractivity contribution in [1.82, 2.24) is 10.2 Å². The largest absolute Gasteiger partial charge is 0.316 e. The molecule has 2 fully saturated rings. The van der Waals surface area contributed by atoms with Crippen LogP contribution in [0.2, 0.25) is 0 Å². The fourth-order valence-electron chi connectivity index (χ4n) is 3.07. The van der Waals surface area contributed by atoms with E-state index in [1.165, 1.54) is 64.8 Å². The number of hydrogen-bond donors (Lipinski definition) is 1. The highest BCUT2D eigenvalue weighted by atomic mass is 15.2. The van der Waals surface area contributed by atoms with Gasteiger partial charge in [0.1, 0.15) is 0 Å². The molecule has 2 aliphatic rings. The summed E-state index contributed by atoms with van der Waals surface area (Å²) in [6, 6.07) is 0. The SMILES string of the molecule is CCCCCCCN1C[C@H]2CNC[C@H]2C1. The number of nitrogens with zero attached hydrogens (tertiary/aromatic N) is 1. The number of unbranched alkanes of at least 4 members (excludes halogenated alkanes) is 4. The van der Waals surface area contributed by atoms with E-state index in [9.17, 15) is 0 Å². The van der Waals surface area contributed by atoms with Gasteiger partial charge in [-0.3, -0.25) is 0 Å². The average Bonchev–Trinajstić information content (AvgIpc) is 2.77. The number of rotatable bonds is 6. The van der Waals surface area contributed by atoms with Crippen LogP contribution in [0, 0.1) is 11.8 Å². The van der Waals surface area contributed by atoms with Crippen LogP contribution >= 0.6 is 0 Å². The molecule has 1 N–H and O–H groups in total. The lowest BCUT2D eigenvalue weighted by Crippen LogP contribution is -2.26. The fraction of sp³-hybridized carbons (Fsp3) is 1.00. The summed E-state index contributed by atoms with van der Waals surface area (Å²) in [5.74, 6) is 1.95. The molecule has 0 radical (unpaired) electrons. The molecule has 15 heavy (non-hydrogen) atoms. The second-order valence-corrected chi connectivity index (χ2v) is 5.35. The van der Waals surface area contributed by atoms with Gasteiger partial charge >= 0.3 is 0 Å². The zero-order chi connectivity index (χ0) is 10.5. The number of hydrogen-bond acceptors (Lipinski definition) is 2. The lowest BCUT2D eigenvalue weighted by Gasteiger charge is -2.16. The third-order valence-electron chi connectivity index (χ3n) is 4.04. The van der Waals surface area contributed by atoms with Crippen LogP contribution in [0.1, 0.15) is 39.0 Å². The van der Waals surface area contributed by atoms with Crippen molar-refractivity contribution in [1.29, 1.82) is 0 Å². The Hall–Kier alpha value is -0.0800. The van der Waals surface area contributed by atoms with E-state index in [0.717, 1.165) is 11.8 Å². The number of fused-ring (bicyclic) bond motifs is 1. The molecule has 2 rings (SSSR count). The molecular weight excluding hydrogens is 184 g/mol. The maximum atomic E-state index is 3.50. The van der Waals surface area contributed by atoms with Gasteiger partial charge in [-0.15, -0.1) is 0 Å². The van der Waals surface area contributed by atoms with Gasteiger partial charge in [0.05, 0.1) is 0 Å². The van der Waals surface area contributed by atoms with Gasteiger partial charge in [-0.25, -0.2) is 0 Å². The van der Waals surface area contributed by atoms with E-state index in [1.807, 2.05) is 0 Å². The van der Waals surface area contributed by atoms with E-state index in [4.69, 9.17) is 0 Å². The molecule has 0 amide bonds. The van der Waals surface area contributed by atoms with E-state index >= 15 is 0 Å². The van der Waals surface area contributed by atoms with E-state index in [-0.39, 0.29) is 0 Å². The van der Waals surface area contributed by atoms with Crippen molar-refractivity contribution in [2.45, 2.75) is 39.0 Å². The molecule has 0 aromatic heterocycles. The molecule has 2 nitrogen and oxygen atoms in total. The van der Waals surface area contributed by atoms with Crippen LogP contribution in [0.15, 0.2) is 0 Å². The first kappa shape index (κ1) is 11.4. The van der Waals surface area contributed by atoms with Crippen molar-refractivity contribution in [2.24, 2.45) is 11.8 Å². The van der Waals surface area contributed by atoms with Crippen molar-refractivity contribution in [3.05, 3.63) is 0 Å². The van der Waals surface area contributed by atoms with Crippen molar-refractivity contribution in [2.75, 3.05) is 32.7 Å². The van der Waals surface area contributed by atoms with Gasteiger partial charge in [0.25, 0.3) is 0 Å². The zero-order valence-corrected chi connectivity index (χ0v) is 10.2. The highest BCUT2D eigenvalue weighted by Crippen LogP contribution is 2.26. The van der Waals surface area contributed by atoms with E-state index < -0.39 is 0 Å². The van der Waals surface area contributed by atoms with Gasteiger partial charge in [0.2, 0.25) is 0 Å². The van der Waals surface area contributed by atoms with Crippen LogP contribution in [0.4, 0.5) is 0 Å². The van der Waals surface area contributed by atoms with Crippen LogP contribution < -0.4 is 5.32 Å². The second-order valence-electron chi connectivity index (χ2n) is 5.35. The van der Waals surface area contributed by atoms with Gasteiger partial charge in [0.15, 0.2) is 0 Å². The summed E-state index contributed by atoms with van der Waals surface area (Å²) in [4.78, 5) is 2.70. The smallest absolute Gasteiger partial charge is 0.00255 e. The predicted molar refractivity (Wildman–Crippen MR) is 65.0 cm³/mol. The maximum Gasteiger partial charge on any atom is 0.00255 e. The summed E-state index contributed by atoms with van der Waals surface area (Å²) >= 11 is 0. The lowest BCUT2D eigenvalue weighted by atomic mass is 10.0. The Balaban J connectivity index is 1.53. The molecule has 2 aliphatic heterocycles. The van der Waals surface area contributed by atoms with Gasteiger partial charge in [-0.1, -0.05) is 32.6 Å². The highest BCUT2D eigenvalue weighted by molar-refractivity contribution is 4.90. The van der Waals surface area contributed by atoms with Gasteiger partial charge in [-0.2, -0.15) is 0 Å². The summed E-state index contributed by atoms with van der Waals surface area (Å²) < 4.78 is 0. The molecule has 2 heteroatoms. The van der Waals surface area contributed by atoms with Crippen molar-refractivity contribution < 1.29 is 0 Å². The van der Waals surface area contributed by atoms with Gasteiger partial charge in [0, 0.05) is 13.1 Å². The Kier molecular flexibility index (Phi) is 4.45. The Labute approximate surface area is 94.4 Å². The molecule has 0 aromatic rings. The standard InChI is InChI=1S/C13H26N2/c1-2-3-4-5-6-7-15-10-12-8-14-9-13(12)11-15/h12-14H,2-11H2,1H3/t12-,13+. The molecule has 2 atom stereocenters. The molecule has 0 aliphatic carbocycles. The second kappa shape index (κ2) is 5.86. The molecule has 0 unspecified atom stereocenters. The van der Waals surface area contributed by atoms with Crippen LogP contribution in [0.3, 0.4) is 0 Å². The van der Waals surface area contributed by atoms with Crippen molar-refractivity contribution in [3.63, 3.8) is 0 Å². The quantitative estimate of drug-likeness (QED) is 0.676. The molecule has 0 aromatic carbocycles. The average molecular weight is 210 g/mol. The molecule has 2 saturated heterocycles. The Morgan fingerprint density at radius 1 is 1.00 bits per heavy atom. The minimum absolute atomic E-state index is 0.973. The minimum atomic E-state index is 0.973. The van der Waals surface area contributed by atoms with Crippen LogP contribution in [-0.4, -0.2) is 37.6 Å². The predicted octanol–water partition coefficient (Wildman–Crippen LogP) is 2.11. The first-order valence-electron chi connectivity index (χ1n) is 6.83. The molecule has 2 heterocycles. The van der Waals surface area contributed by atoms with E-state index in [2.05, 4.69) is 17.1 Å². The van der Waals surface area contributed by atoms with E-state index in [1.54, 1.807) is 0 Å². The molecule has 0 saturated carbocycles. The number of likely N-dealkylation sites (tertiary alicyclic amines) is 1. The summed E-state index contributed by atoms with van der Waals surface area (Å²) in [5, 5.41) is 3.50. The lowest BCUT2D eigenvalue weighted by molar-refractivity contribution is 0.304. The highest BCUT2D eigenvalue weighted by Gasteiger charge is 2.35. The van der Waals surface area contributed by atoms with Crippen LogP contribution in [0.25, 0.3) is 0 Å². The van der Waals surface area contributed by atoms with Crippen molar-refractivity contribution in [3.8, 4) is 0 Å². The third kappa shape index (κ3) is 3.18. The Bertz CT molecular complexity index is 169. The fourth-order valence-corrected chi connectivity index (χ4v) is 3.07. The normalized spacial score (nSPS) is 31.0. The first-order valence-corrected chi connectivity index (χ1v) is 6.83. The molecule has 88 valence electrons. The Morgan fingerprint density at radius 2 is 1.67 bits per heavy atom. The maximum absolute atomic E-state index is 3.50. The Morgan fingerprint density at radius 3 is 2.33 bits per heavy atom. The zero-order valence-electron chi connectivity index (χ0n) is 10.2. The van der Waals surface area contributed by atoms with Gasteiger partial charge in [-0.05, 0) is 37.9 Å². The number of nitrogens with one attached hydrogen (secondary N) is 1. The monoisotopic (exact) mass is 210 g/mol. The molecular formula is C13H26N2. The van der Waals surface area contributed by atoms with Crippen LogP contribution in [-0.2, 0) is 0 Å². The summed E-state index contributed by atoms with van der Waals surface area (Å²) in [6.45, 7) is 8.93. The topological polar surface area (TPSA) is 15.3 Å². The summed E-state index contributed by atoms with van der Waals surface area (Å²) in [6.07, 6.45) is 7.10. The first-order chi connectivity index (χ1) is 7.40.